The molecule has 0 aromatic heterocycles. The number of hydrogen-bond donors (Lipinski definition) is 1. The van der Waals surface area contributed by atoms with Crippen molar-refractivity contribution >= 4 is 0 Å². The standard InChI is InChI=1S/C14H19NO/c1-3-14(2,10-15)8-11-9-16-13-7-5-4-6-12(11)13/h3-7,11H,1,8-10,15H2,2H3. The minimum absolute atomic E-state index is 0.00543. The first kappa shape index (κ1) is 11.2. The molecule has 16 heavy (non-hydrogen) atoms. The monoisotopic (exact) mass is 217 g/mol. The number of fused-ring (bicyclic) bond motifs is 1. The van der Waals surface area contributed by atoms with Gasteiger partial charge in [-0.1, -0.05) is 31.2 Å². The minimum atomic E-state index is 0.00543. The lowest BCUT2D eigenvalue weighted by atomic mass is 9.79. The van der Waals surface area contributed by atoms with E-state index in [-0.39, 0.29) is 5.41 Å². The number of benzene rings is 1. The van der Waals surface area contributed by atoms with Gasteiger partial charge in [0.1, 0.15) is 5.75 Å². The Hall–Kier alpha value is -1.28. The molecule has 2 N–H and O–H groups in total. The Kier molecular flexibility index (Phi) is 3.01. The minimum Gasteiger partial charge on any atom is -0.493 e. The van der Waals surface area contributed by atoms with Crippen LogP contribution in [0.25, 0.3) is 0 Å². The van der Waals surface area contributed by atoms with Crippen LogP contribution in [-0.2, 0) is 0 Å². The average Bonchev–Trinajstić information content (AvgIpc) is 2.73. The van der Waals surface area contributed by atoms with Crippen LogP contribution < -0.4 is 10.5 Å². The molecule has 0 saturated carbocycles. The fraction of sp³-hybridized carbons (Fsp3) is 0.429. The van der Waals surface area contributed by atoms with Crippen molar-refractivity contribution in [1.82, 2.24) is 0 Å². The van der Waals surface area contributed by atoms with Crippen molar-refractivity contribution in [2.45, 2.75) is 19.3 Å². The first-order chi connectivity index (χ1) is 7.68. The van der Waals surface area contributed by atoms with E-state index in [2.05, 4.69) is 25.6 Å². The highest BCUT2D eigenvalue weighted by molar-refractivity contribution is 5.39. The first-order valence-electron chi connectivity index (χ1n) is 5.74. The van der Waals surface area contributed by atoms with Crippen molar-refractivity contribution in [3.8, 4) is 5.75 Å². The Bertz CT molecular complexity index is 388. The number of hydrogen-bond acceptors (Lipinski definition) is 2. The molecule has 0 saturated heterocycles. The zero-order chi connectivity index (χ0) is 11.6. The highest BCUT2D eigenvalue weighted by atomic mass is 16.5. The average molecular weight is 217 g/mol. The third-order valence-corrected chi connectivity index (χ3v) is 3.47. The van der Waals surface area contributed by atoms with Crippen molar-refractivity contribution in [3.05, 3.63) is 42.5 Å². The molecular weight excluding hydrogens is 198 g/mol. The fourth-order valence-corrected chi connectivity index (χ4v) is 2.21. The maximum atomic E-state index is 5.80. The summed E-state index contributed by atoms with van der Waals surface area (Å²) < 4.78 is 5.67. The molecule has 1 aliphatic heterocycles. The Morgan fingerprint density at radius 2 is 2.31 bits per heavy atom. The van der Waals surface area contributed by atoms with Crippen LogP contribution in [0.2, 0.25) is 0 Å². The lowest BCUT2D eigenvalue weighted by Crippen LogP contribution is -2.27. The molecule has 2 atom stereocenters. The van der Waals surface area contributed by atoms with E-state index in [1.54, 1.807) is 0 Å². The van der Waals surface area contributed by atoms with E-state index in [1.807, 2.05) is 18.2 Å². The molecular formula is C14H19NO. The molecule has 0 aliphatic carbocycles. The zero-order valence-corrected chi connectivity index (χ0v) is 9.78. The van der Waals surface area contributed by atoms with E-state index in [0.717, 1.165) is 18.8 Å². The highest BCUT2D eigenvalue weighted by Crippen LogP contribution is 2.40. The van der Waals surface area contributed by atoms with Gasteiger partial charge in [-0.25, -0.2) is 0 Å². The van der Waals surface area contributed by atoms with Gasteiger partial charge in [-0.2, -0.15) is 0 Å². The van der Waals surface area contributed by atoms with E-state index in [9.17, 15) is 0 Å². The van der Waals surface area contributed by atoms with Crippen LogP contribution in [0.4, 0.5) is 0 Å². The molecule has 0 amide bonds. The Balaban J connectivity index is 2.17. The highest BCUT2D eigenvalue weighted by Gasteiger charge is 2.30. The summed E-state index contributed by atoms with van der Waals surface area (Å²) in [5, 5.41) is 0. The zero-order valence-electron chi connectivity index (χ0n) is 9.78. The molecule has 1 aliphatic rings. The summed E-state index contributed by atoms with van der Waals surface area (Å²) in [4.78, 5) is 0. The second kappa shape index (κ2) is 4.30. The van der Waals surface area contributed by atoms with Gasteiger partial charge in [0.05, 0.1) is 6.61 Å². The predicted molar refractivity (Wildman–Crippen MR) is 66.7 cm³/mol. The van der Waals surface area contributed by atoms with E-state index < -0.39 is 0 Å². The molecule has 2 rings (SSSR count). The van der Waals surface area contributed by atoms with Crippen molar-refractivity contribution in [2.24, 2.45) is 11.1 Å². The van der Waals surface area contributed by atoms with E-state index >= 15 is 0 Å². The van der Waals surface area contributed by atoms with E-state index in [4.69, 9.17) is 10.5 Å². The van der Waals surface area contributed by atoms with Crippen molar-refractivity contribution < 1.29 is 4.74 Å². The van der Waals surface area contributed by atoms with Gasteiger partial charge in [-0.15, -0.1) is 6.58 Å². The summed E-state index contributed by atoms with van der Waals surface area (Å²) >= 11 is 0. The Morgan fingerprint density at radius 3 is 3.00 bits per heavy atom. The smallest absolute Gasteiger partial charge is 0.122 e. The van der Waals surface area contributed by atoms with Crippen LogP contribution in [0.3, 0.4) is 0 Å². The normalized spacial score (nSPS) is 22.0. The first-order valence-corrected chi connectivity index (χ1v) is 5.74. The molecule has 0 radical (unpaired) electrons. The third-order valence-electron chi connectivity index (χ3n) is 3.47. The summed E-state index contributed by atoms with van der Waals surface area (Å²) in [6.45, 7) is 7.44. The second-order valence-electron chi connectivity index (χ2n) is 4.81. The third kappa shape index (κ3) is 1.98. The molecule has 2 heteroatoms. The van der Waals surface area contributed by atoms with Gasteiger partial charge < -0.3 is 10.5 Å². The second-order valence-corrected chi connectivity index (χ2v) is 4.81. The molecule has 1 heterocycles. The number of nitrogens with two attached hydrogens (primary N) is 1. The van der Waals surface area contributed by atoms with Crippen molar-refractivity contribution in [2.75, 3.05) is 13.2 Å². The molecule has 2 unspecified atom stereocenters. The summed E-state index contributed by atoms with van der Waals surface area (Å²) in [7, 11) is 0. The molecule has 1 aromatic carbocycles. The van der Waals surface area contributed by atoms with Crippen LogP contribution in [0.5, 0.6) is 5.75 Å². The van der Waals surface area contributed by atoms with Crippen LogP contribution in [0, 0.1) is 5.41 Å². The van der Waals surface area contributed by atoms with Gasteiger partial charge in [0, 0.05) is 18.0 Å². The van der Waals surface area contributed by atoms with Crippen molar-refractivity contribution in [3.63, 3.8) is 0 Å². The summed E-state index contributed by atoms with van der Waals surface area (Å²) in [5.74, 6) is 1.47. The van der Waals surface area contributed by atoms with E-state index in [0.29, 0.717) is 12.5 Å². The number of ether oxygens (including phenoxy) is 1. The van der Waals surface area contributed by atoms with Gasteiger partial charge in [0.2, 0.25) is 0 Å². The van der Waals surface area contributed by atoms with Gasteiger partial charge in [-0.3, -0.25) is 0 Å². The van der Waals surface area contributed by atoms with Crippen LogP contribution in [0.1, 0.15) is 24.8 Å². The quantitative estimate of drug-likeness (QED) is 0.787. The molecule has 2 nitrogen and oxygen atoms in total. The molecule has 0 fully saturated rings. The fourth-order valence-electron chi connectivity index (χ4n) is 2.21. The SMILES string of the molecule is C=CC(C)(CN)CC1COc2ccccc21. The van der Waals surface area contributed by atoms with Gasteiger partial charge in [-0.05, 0) is 17.9 Å². The molecule has 86 valence electrons. The van der Waals surface area contributed by atoms with Gasteiger partial charge in [0.15, 0.2) is 0 Å². The molecule has 0 bridgehead atoms. The predicted octanol–water partition coefficient (Wildman–Crippen LogP) is 2.70. The lowest BCUT2D eigenvalue weighted by Gasteiger charge is -2.26. The summed E-state index contributed by atoms with van der Waals surface area (Å²) in [6.07, 6.45) is 2.97. The van der Waals surface area contributed by atoms with Crippen molar-refractivity contribution in [1.29, 1.82) is 0 Å². The maximum absolute atomic E-state index is 5.80. The number of para-hydroxylation sites is 1. The van der Waals surface area contributed by atoms with E-state index in [1.165, 1.54) is 5.56 Å². The number of rotatable bonds is 4. The summed E-state index contributed by atoms with van der Waals surface area (Å²) in [6, 6.07) is 8.25. The van der Waals surface area contributed by atoms with Crippen LogP contribution >= 0.6 is 0 Å². The maximum Gasteiger partial charge on any atom is 0.122 e. The van der Waals surface area contributed by atoms with Gasteiger partial charge >= 0.3 is 0 Å². The van der Waals surface area contributed by atoms with Crippen LogP contribution in [-0.4, -0.2) is 13.2 Å². The molecule has 1 aromatic rings. The van der Waals surface area contributed by atoms with Gasteiger partial charge in [0.25, 0.3) is 0 Å². The topological polar surface area (TPSA) is 35.2 Å². The molecule has 0 spiro atoms. The Labute approximate surface area is 97.1 Å². The van der Waals surface area contributed by atoms with Crippen LogP contribution in [0.15, 0.2) is 36.9 Å². The lowest BCUT2D eigenvalue weighted by molar-refractivity contribution is 0.286. The summed E-state index contributed by atoms with van der Waals surface area (Å²) in [5.41, 5.74) is 7.12. The largest absolute Gasteiger partial charge is 0.493 e. The Morgan fingerprint density at radius 1 is 1.56 bits per heavy atom.